The van der Waals surface area contributed by atoms with E-state index in [1.54, 1.807) is 39.8 Å². The van der Waals surface area contributed by atoms with Gasteiger partial charge in [0.15, 0.2) is 22.7 Å². The van der Waals surface area contributed by atoms with E-state index in [0.717, 1.165) is 0 Å². The SMILES string of the molecule is CC1(C)OC(=O)O/C1=C/CCOC(=O)CC=CCC(=O)OCC/C=C1/OC(=O)OC1(C)C. The van der Waals surface area contributed by atoms with Gasteiger partial charge in [0.25, 0.3) is 0 Å². The zero-order valence-corrected chi connectivity index (χ0v) is 18.6. The molecule has 0 bridgehead atoms. The average molecular weight is 452 g/mol. The molecule has 0 spiro atoms. The van der Waals surface area contributed by atoms with Crippen molar-refractivity contribution in [3.05, 3.63) is 35.8 Å². The lowest BCUT2D eigenvalue weighted by atomic mass is 10.1. The molecule has 0 atom stereocenters. The predicted molar refractivity (Wildman–Crippen MR) is 109 cm³/mol. The van der Waals surface area contributed by atoms with Gasteiger partial charge in [-0.2, -0.15) is 0 Å². The first kappa shape index (κ1) is 25.0. The molecule has 0 amide bonds. The second-order valence-electron chi connectivity index (χ2n) is 7.96. The number of hydrogen-bond acceptors (Lipinski definition) is 10. The van der Waals surface area contributed by atoms with Crippen LogP contribution in [0.1, 0.15) is 53.4 Å². The van der Waals surface area contributed by atoms with Crippen LogP contribution in [0.5, 0.6) is 0 Å². The van der Waals surface area contributed by atoms with E-state index >= 15 is 0 Å². The largest absolute Gasteiger partial charge is 0.514 e. The van der Waals surface area contributed by atoms with Gasteiger partial charge in [0.2, 0.25) is 0 Å². The van der Waals surface area contributed by atoms with Crippen LogP contribution >= 0.6 is 0 Å². The summed E-state index contributed by atoms with van der Waals surface area (Å²) in [5.74, 6) is -0.132. The molecule has 10 nitrogen and oxygen atoms in total. The molecule has 0 aromatic heterocycles. The molecule has 2 heterocycles. The Morgan fingerprint density at radius 1 is 0.750 bits per heavy atom. The van der Waals surface area contributed by atoms with Gasteiger partial charge >= 0.3 is 24.2 Å². The van der Waals surface area contributed by atoms with E-state index in [2.05, 4.69) is 0 Å². The van der Waals surface area contributed by atoms with E-state index in [1.807, 2.05) is 0 Å². The van der Waals surface area contributed by atoms with Crippen LogP contribution in [-0.2, 0) is 38.0 Å². The summed E-state index contributed by atoms with van der Waals surface area (Å²) in [4.78, 5) is 45.7. The maximum atomic E-state index is 11.7. The first-order chi connectivity index (χ1) is 15.0. The van der Waals surface area contributed by atoms with Gasteiger partial charge in [0, 0.05) is 12.8 Å². The van der Waals surface area contributed by atoms with E-state index in [0.29, 0.717) is 24.4 Å². The van der Waals surface area contributed by atoms with Gasteiger partial charge in [-0.05, 0) is 39.8 Å². The number of carbonyl (C=O) groups is 4. The first-order valence-electron chi connectivity index (χ1n) is 10.2. The van der Waals surface area contributed by atoms with Gasteiger partial charge in [0.05, 0.1) is 26.1 Å². The van der Waals surface area contributed by atoms with Gasteiger partial charge in [-0.3, -0.25) is 9.59 Å². The minimum atomic E-state index is -0.830. The van der Waals surface area contributed by atoms with Crippen LogP contribution in [0.4, 0.5) is 9.59 Å². The molecule has 2 saturated heterocycles. The lowest BCUT2D eigenvalue weighted by Crippen LogP contribution is -2.20. The second kappa shape index (κ2) is 10.8. The van der Waals surface area contributed by atoms with E-state index in [1.165, 1.54) is 12.2 Å². The maximum Gasteiger partial charge on any atom is 0.514 e. The quantitative estimate of drug-likeness (QED) is 0.209. The number of esters is 2. The second-order valence-corrected chi connectivity index (χ2v) is 7.96. The van der Waals surface area contributed by atoms with Gasteiger partial charge in [-0.1, -0.05) is 12.2 Å². The molecular formula is C22H28O10. The number of cyclic esters (lactones) is 4. The van der Waals surface area contributed by atoms with E-state index in [9.17, 15) is 19.2 Å². The van der Waals surface area contributed by atoms with Gasteiger partial charge in [-0.25, -0.2) is 9.59 Å². The monoisotopic (exact) mass is 452 g/mol. The van der Waals surface area contributed by atoms with E-state index < -0.39 is 35.5 Å². The molecule has 0 radical (unpaired) electrons. The number of hydrogen-bond donors (Lipinski definition) is 0. The summed E-state index contributed by atoms with van der Waals surface area (Å²) in [7, 11) is 0. The summed E-state index contributed by atoms with van der Waals surface area (Å²) < 4.78 is 30.0. The van der Waals surface area contributed by atoms with Crippen LogP contribution in [-0.4, -0.2) is 48.7 Å². The van der Waals surface area contributed by atoms with E-state index in [-0.39, 0.29) is 26.1 Å². The van der Waals surface area contributed by atoms with Crippen molar-refractivity contribution in [2.75, 3.05) is 13.2 Å². The van der Waals surface area contributed by atoms with Gasteiger partial charge in [-0.15, -0.1) is 0 Å². The molecule has 2 fully saturated rings. The molecule has 0 N–H and O–H groups in total. The summed E-state index contributed by atoms with van der Waals surface area (Å²) in [5.41, 5.74) is -1.66. The normalized spacial score (nSPS) is 21.2. The zero-order chi connectivity index (χ0) is 23.8. The molecule has 2 aliphatic heterocycles. The lowest BCUT2D eigenvalue weighted by Gasteiger charge is -2.13. The Hall–Kier alpha value is -3.30. The van der Waals surface area contributed by atoms with Crippen molar-refractivity contribution < 1.29 is 47.6 Å². The van der Waals surface area contributed by atoms with Crippen molar-refractivity contribution in [2.24, 2.45) is 0 Å². The highest BCUT2D eigenvalue weighted by Gasteiger charge is 2.39. The lowest BCUT2D eigenvalue weighted by molar-refractivity contribution is -0.143. The van der Waals surface area contributed by atoms with E-state index in [4.69, 9.17) is 28.4 Å². The Kier molecular flexibility index (Phi) is 8.45. The minimum Gasteiger partial charge on any atom is -0.465 e. The number of rotatable bonds is 10. The highest BCUT2D eigenvalue weighted by Crippen LogP contribution is 2.30. The molecule has 2 aliphatic rings. The third kappa shape index (κ3) is 7.75. The Morgan fingerprint density at radius 2 is 1.12 bits per heavy atom. The Balaban J connectivity index is 1.56. The van der Waals surface area contributed by atoms with Gasteiger partial charge < -0.3 is 28.4 Å². The summed E-state index contributed by atoms with van der Waals surface area (Å²) >= 11 is 0. The van der Waals surface area contributed by atoms with Crippen molar-refractivity contribution in [1.82, 2.24) is 0 Å². The van der Waals surface area contributed by atoms with Crippen LogP contribution in [0.15, 0.2) is 35.8 Å². The average Bonchev–Trinajstić information content (AvgIpc) is 3.10. The number of ether oxygens (including phenoxy) is 6. The molecule has 0 aromatic rings. The maximum absolute atomic E-state index is 11.7. The first-order valence-corrected chi connectivity index (χ1v) is 10.2. The summed E-state index contributed by atoms with van der Waals surface area (Å²) in [6.45, 7) is 7.04. The molecule has 10 heteroatoms. The van der Waals surface area contributed by atoms with Gasteiger partial charge in [0.1, 0.15) is 0 Å². The molecule has 32 heavy (non-hydrogen) atoms. The van der Waals surface area contributed by atoms with Crippen LogP contribution < -0.4 is 0 Å². The fourth-order valence-electron chi connectivity index (χ4n) is 2.76. The fourth-order valence-corrected chi connectivity index (χ4v) is 2.76. The molecular weight excluding hydrogens is 424 g/mol. The molecule has 0 saturated carbocycles. The molecule has 2 rings (SSSR count). The fraction of sp³-hybridized carbons (Fsp3) is 0.545. The Bertz CT molecular complexity index is 764. The van der Waals surface area contributed by atoms with Crippen LogP contribution in [0, 0.1) is 0 Å². The molecule has 176 valence electrons. The van der Waals surface area contributed by atoms with Crippen molar-refractivity contribution in [2.45, 2.75) is 64.6 Å². The summed E-state index contributed by atoms with van der Waals surface area (Å²) in [6, 6.07) is 0. The topological polar surface area (TPSA) is 124 Å². The van der Waals surface area contributed by atoms with Crippen LogP contribution in [0.2, 0.25) is 0 Å². The van der Waals surface area contributed by atoms with Crippen molar-refractivity contribution >= 4 is 24.2 Å². The Labute approximate surface area is 186 Å². The summed E-state index contributed by atoms with van der Waals surface area (Å²) in [5, 5.41) is 0. The minimum absolute atomic E-state index is 0.0139. The third-order valence-electron chi connectivity index (χ3n) is 4.41. The molecule has 0 aliphatic carbocycles. The Morgan fingerprint density at radius 3 is 1.44 bits per heavy atom. The molecule has 0 aromatic carbocycles. The summed E-state index contributed by atoms with van der Waals surface area (Å²) in [6.07, 6.45) is 5.60. The highest BCUT2D eigenvalue weighted by atomic mass is 16.8. The van der Waals surface area contributed by atoms with Crippen LogP contribution in [0.25, 0.3) is 0 Å². The van der Waals surface area contributed by atoms with Crippen molar-refractivity contribution in [1.29, 1.82) is 0 Å². The predicted octanol–water partition coefficient (Wildman–Crippen LogP) is 3.85. The standard InChI is InChI=1S/C22H28O10/c1-21(2)15(29-19(25)31-21)9-7-13-27-17(23)11-5-6-12-18(24)28-14-8-10-16-22(3,4)32-20(26)30-16/h5-6,9-10H,7-8,11-14H2,1-4H3/b6-5?,15-9+,16-10+. The van der Waals surface area contributed by atoms with Crippen molar-refractivity contribution in [3.63, 3.8) is 0 Å². The zero-order valence-electron chi connectivity index (χ0n) is 18.6. The highest BCUT2D eigenvalue weighted by molar-refractivity contribution is 5.73. The molecule has 0 unspecified atom stereocenters. The van der Waals surface area contributed by atoms with Crippen LogP contribution in [0.3, 0.4) is 0 Å². The third-order valence-corrected chi connectivity index (χ3v) is 4.41. The smallest absolute Gasteiger partial charge is 0.465 e. The van der Waals surface area contributed by atoms with Crippen molar-refractivity contribution in [3.8, 4) is 0 Å². The number of carbonyl (C=O) groups excluding carboxylic acids is 4.